The van der Waals surface area contributed by atoms with Gasteiger partial charge in [0, 0.05) is 14.1 Å². The number of carbonyl (C=O) groups is 2. The molecule has 0 spiro atoms. The molecule has 0 unspecified atom stereocenters. The highest BCUT2D eigenvalue weighted by Gasteiger charge is 2.23. The molecule has 0 aliphatic rings. The van der Waals surface area contributed by atoms with Gasteiger partial charge < -0.3 is 14.1 Å². The normalized spacial score (nSPS) is 12.0. The maximum absolute atomic E-state index is 12.1. The van der Waals surface area contributed by atoms with Crippen LogP contribution in [0.5, 0.6) is 0 Å². The highest BCUT2D eigenvalue weighted by molar-refractivity contribution is 8.00. The van der Waals surface area contributed by atoms with E-state index >= 15 is 0 Å². The fourth-order valence-electron chi connectivity index (χ4n) is 2.17. The third kappa shape index (κ3) is 5.09. The third-order valence-corrected chi connectivity index (χ3v) is 4.43. The van der Waals surface area contributed by atoms with Crippen molar-refractivity contribution >= 4 is 23.6 Å². The first-order valence-corrected chi connectivity index (χ1v) is 8.78. The Balaban J connectivity index is 2.24. The molecule has 2 aromatic heterocycles. The molecule has 9 heteroatoms. The monoisotopic (exact) mass is 366 g/mol. The summed E-state index contributed by atoms with van der Waals surface area (Å²) < 4.78 is 12.1. The van der Waals surface area contributed by atoms with E-state index in [4.69, 9.17) is 9.15 Å². The molecule has 8 nitrogen and oxygen atoms in total. The van der Waals surface area contributed by atoms with Crippen molar-refractivity contribution in [1.29, 1.82) is 0 Å². The molecule has 0 radical (unpaired) electrons. The number of nitrogens with zero attached hydrogens (tertiary/aromatic N) is 4. The zero-order chi connectivity index (χ0) is 18.4. The summed E-state index contributed by atoms with van der Waals surface area (Å²) in [6.45, 7) is 4.24. The molecule has 0 aromatic carbocycles. The van der Waals surface area contributed by atoms with Gasteiger partial charge in [-0.25, -0.2) is 0 Å². The first kappa shape index (κ1) is 19.0. The average Bonchev–Trinajstić information content (AvgIpc) is 3.19. The first-order chi connectivity index (χ1) is 11.9. The van der Waals surface area contributed by atoms with Gasteiger partial charge >= 0.3 is 5.97 Å². The summed E-state index contributed by atoms with van der Waals surface area (Å²) in [5.74, 6) is 0.786. The van der Waals surface area contributed by atoms with Crippen molar-refractivity contribution in [2.75, 3.05) is 20.7 Å². The van der Waals surface area contributed by atoms with Gasteiger partial charge in [0.1, 0.15) is 18.0 Å². The number of ether oxygens (including phenoxy) is 1. The summed E-state index contributed by atoms with van der Waals surface area (Å²) in [7, 11) is 3.41. The van der Waals surface area contributed by atoms with Gasteiger partial charge in [-0.05, 0) is 26.0 Å². The third-order valence-electron chi connectivity index (χ3n) is 3.37. The SMILES string of the molecule is CCOC(=O)Cc1nnc(S[C@@H](C)C(=O)N(C)C)n1Cc1ccco1. The lowest BCUT2D eigenvalue weighted by atomic mass is 10.4. The van der Waals surface area contributed by atoms with E-state index in [2.05, 4.69) is 10.2 Å². The average molecular weight is 366 g/mol. The molecule has 0 fully saturated rings. The minimum absolute atomic E-state index is 0.0120. The summed E-state index contributed by atoms with van der Waals surface area (Å²) >= 11 is 1.29. The summed E-state index contributed by atoms with van der Waals surface area (Å²) in [5.41, 5.74) is 0. The Labute approximate surface area is 150 Å². The van der Waals surface area contributed by atoms with Crippen LogP contribution >= 0.6 is 11.8 Å². The minimum atomic E-state index is -0.371. The van der Waals surface area contributed by atoms with Crippen LogP contribution in [0, 0.1) is 0 Å². The fourth-order valence-corrected chi connectivity index (χ4v) is 3.18. The van der Waals surface area contributed by atoms with E-state index in [-0.39, 0.29) is 23.5 Å². The number of hydrogen-bond donors (Lipinski definition) is 0. The molecule has 0 N–H and O–H groups in total. The second-order valence-corrected chi connectivity index (χ2v) is 6.85. The summed E-state index contributed by atoms with van der Waals surface area (Å²) in [6.07, 6.45) is 1.59. The molecule has 0 saturated heterocycles. The van der Waals surface area contributed by atoms with Crippen LogP contribution in [-0.2, 0) is 27.3 Å². The standard InChI is InChI=1S/C16H22N4O4S/c1-5-23-14(21)9-13-17-18-16(25-11(2)15(22)19(3)4)20(13)10-12-7-6-8-24-12/h6-8,11H,5,9-10H2,1-4H3/t11-/m0/s1. The Hall–Kier alpha value is -2.29. The Morgan fingerprint density at radius 3 is 2.76 bits per heavy atom. The molecule has 2 aromatic rings. The van der Waals surface area contributed by atoms with Crippen molar-refractivity contribution in [1.82, 2.24) is 19.7 Å². The number of hydrogen-bond acceptors (Lipinski definition) is 7. The van der Waals surface area contributed by atoms with Crippen molar-refractivity contribution in [3.63, 3.8) is 0 Å². The maximum atomic E-state index is 12.1. The number of thioether (sulfide) groups is 1. The predicted octanol–water partition coefficient (Wildman–Crippen LogP) is 1.59. The fraction of sp³-hybridized carbons (Fsp3) is 0.500. The summed E-state index contributed by atoms with van der Waals surface area (Å²) in [6, 6.07) is 3.62. The lowest BCUT2D eigenvalue weighted by molar-refractivity contribution is -0.142. The predicted molar refractivity (Wildman–Crippen MR) is 92.2 cm³/mol. The summed E-state index contributed by atoms with van der Waals surface area (Å²) in [4.78, 5) is 25.4. The number of furan rings is 1. The second kappa shape index (κ2) is 8.70. The molecule has 0 aliphatic heterocycles. The summed E-state index contributed by atoms with van der Waals surface area (Å²) in [5, 5.41) is 8.47. The molecule has 0 saturated carbocycles. The van der Waals surface area contributed by atoms with E-state index in [0.717, 1.165) is 0 Å². The van der Waals surface area contributed by atoms with Crippen LogP contribution in [0.3, 0.4) is 0 Å². The van der Waals surface area contributed by atoms with E-state index in [9.17, 15) is 9.59 Å². The van der Waals surface area contributed by atoms with Gasteiger partial charge in [-0.15, -0.1) is 10.2 Å². The minimum Gasteiger partial charge on any atom is -0.467 e. The van der Waals surface area contributed by atoms with Crippen LogP contribution in [0.15, 0.2) is 28.0 Å². The van der Waals surface area contributed by atoms with Crippen LogP contribution < -0.4 is 0 Å². The Morgan fingerprint density at radius 1 is 1.40 bits per heavy atom. The van der Waals surface area contributed by atoms with Crippen molar-refractivity contribution in [3.8, 4) is 0 Å². The quantitative estimate of drug-likeness (QED) is 0.517. The molecular weight excluding hydrogens is 344 g/mol. The number of esters is 1. The van der Waals surface area contributed by atoms with Crippen molar-refractivity contribution in [2.45, 2.75) is 37.2 Å². The van der Waals surface area contributed by atoms with Crippen LogP contribution in [0.1, 0.15) is 25.4 Å². The van der Waals surface area contributed by atoms with E-state index in [0.29, 0.717) is 29.9 Å². The van der Waals surface area contributed by atoms with Crippen LogP contribution in [-0.4, -0.2) is 57.5 Å². The van der Waals surface area contributed by atoms with Gasteiger partial charge in [0.05, 0.1) is 24.7 Å². The Bertz CT molecular complexity index is 712. The second-order valence-electron chi connectivity index (χ2n) is 5.54. The molecule has 0 aliphatic carbocycles. The maximum Gasteiger partial charge on any atom is 0.313 e. The van der Waals surface area contributed by atoms with Crippen LogP contribution in [0.2, 0.25) is 0 Å². The number of carbonyl (C=O) groups excluding carboxylic acids is 2. The van der Waals surface area contributed by atoms with Crippen molar-refractivity contribution in [3.05, 3.63) is 30.0 Å². The zero-order valence-electron chi connectivity index (χ0n) is 14.8. The molecule has 1 amide bonds. The smallest absolute Gasteiger partial charge is 0.313 e. The van der Waals surface area contributed by atoms with Crippen molar-refractivity contribution < 1.29 is 18.7 Å². The Morgan fingerprint density at radius 2 is 2.16 bits per heavy atom. The van der Waals surface area contributed by atoms with Gasteiger partial charge in [0.15, 0.2) is 5.16 Å². The zero-order valence-corrected chi connectivity index (χ0v) is 15.6. The molecular formula is C16H22N4O4S. The Kier molecular flexibility index (Phi) is 6.63. The molecule has 25 heavy (non-hydrogen) atoms. The highest BCUT2D eigenvalue weighted by atomic mass is 32.2. The van der Waals surface area contributed by atoms with E-state index < -0.39 is 0 Å². The van der Waals surface area contributed by atoms with Gasteiger partial charge in [-0.3, -0.25) is 14.2 Å². The van der Waals surface area contributed by atoms with Gasteiger partial charge in [-0.1, -0.05) is 11.8 Å². The number of amides is 1. The molecule has 0 bridgehead atoms. The highest BCUT2D eigenvalue weighted by Crippen LogP contribution is 2.24. The largest absolute Gasteiger partial charge is 0.467 e. The molecule has 2 rings (SSSR count). The van der Waals surface area contributed by atoms with Crippen molar-refractivity contribution in [2.24, 2.45) is 0 Å². The lowest BCUT2D eigenvalue weighted by Crippen LogP contribution is -2.30. The number of aromatic nitrogens is 3. The topological polar surface area (TPSA) is 90.5 Å². The van der Waals surface area contributed by atoms with E-state index in [1.807, 2.05) is 13.0 Å². The molecule has 136 valence electrons. The number of rotatable bonds is 8. The van der Waals surface area contributed by atoms with Crippen LogP contribution in [0.4, 0.5) is 0 Å². The molecule has 2 heterocycles. The van der Waals surface area contributed by atoms with E-state index in [1.54, 1.807) is 37.9 Å². The van der Waals surface area contributed by atoms with Gasteiger partial charge in [0.2, 0.25) is 5.91 Å². The van der Waals surface area contributed by atoms with Crippen LogP contribution in [0.25, 0.3) is 0 Å². The molecule has 1 atom stereocenters. The van der Waals surface area contributed by atoms with Gasteiger partial charge in [0.25, 0.3) is 0 Å². The van der Waals surface area contributed by atoms with E-state index in [1.165, 1.54) is 16.7 Å². The lowest BCUT2D eigenvalue weighted by Gasteiger charge is -2.16. The first-order valence-electron chi connectivity index (χ1n) is 7.90. The van der Waals surface area contributed by atoms with Gasteiger partial charge in [-0.2, -0.15) is 0 Å².